The predicted molar refractivity (Wildman–Crippen MR) is 183 cm³/mol. The number of hydrogen-bond acceptors (Lipinski definition) is 10. The smallest absolute Gasteiger partial charge is 0.404 e. The minimum Gasteiger partial charge on any atom is -0.465 e. The number of benzene rings is 1. The van der Waals surface area contributed by atoms with E-state index in [0.717, 1.165) is 45.0 Å². The van der Waals surface area contributed by atoms with Crippen LogP contribution in [-0.2, 0) is 10.2 Å². The molecule has 0 unspecified atom stereocenters. The van der Waals surface area contributed by atoms with Crippen LogP contribution in [-0.4, -0.2) is 126 Å². The standard InChI is InChI=1S/C33H50FN7O9S/c1-22(2)41(23(3)4)29(42)27-17-25(34)5-6-28(27)47-31-30(48-36-50-49-31)38-12-7-24(19-38)18-37-20-33(21-37)10-15-40(16-11-33)51(45,46)39-13-8-26(9-14-39)35-32(43)44/h5-6,17,22-24,26,35-36H,7-16,18-21H2,1-4H3,(H,43,44)/t24-/m0/s1. The third-order valence-corrected chi connectivity index (χ3v) is 12.6. The zero-order chi connectivity index (χ0) is 36.5. The highest BCUT2D eigenvalue weighted by Gasteiger charge is 2.48. The molecule has 6 rings (SSSR count). The Kier molecular flexibility index (Phi) is 11.0. The highest BCUT2D eigenvalue weighted by atomic mass is 32.2. The molecule has 3 N–H and O–H groups in total. The molecule has 1 spiro atoms. The van der Waals surface area contributed by atoms with Crippen LogP contribution in [0.2, 0.25) is 0 Å². The number of aromatic amines is 1. The van der Waals surface area contributed by atoms with Gasteiger partial charge in [0.1, 0.15) is 11.6 Å². The molecule has 1 aromatic carbocycles. The van der Waals surface area contributed by atoms with Gasteiger partial charge in [-0.1, -0.05) is 0 Å². The van der Waals surface area contributed by atoms with Gasteiger partial charge in [0.15, 0.2) is 0 Å². The van der Waals surface area contributed by atoms with Crippen molar-refractivity contribution in [3.8, 4) is 11.7 Å². The molecule has 4 aliphatic rings. The van der Waals surface area contributed by atoms with E-state index in [1.165, 1.54) is 16.4 Å². The lowest BCUT2D eigenvalue weighted by molar-refractivity contribution is -0.0920. The normalized spacial score (nSPS) is 22.0. The molecule has 4 fully saturated rings. The van der Waals surface area contributed by atoms with Crippen LogP contribution in [0, 0.1) is 17.2 Å². The van der Waals surface area contributed by atoms with E-state index < -0.39 is 22.1 Å². The van der Waals surface area contributed by atoms with Gasteiger partial charge in [0.05, 0.1) is 5.56 Å². The Morgan fingerprint density at radius 3 is 2.37 bits per heavy atom. The van der Waals surface area contributed by atoms with Crippen molar-refractivity contribution < 1.29 is 46.0 Å². The van der Waals surface area contributed by atoms with Crippen molar-refractivity contribution in [1.29, 1.82) is 0 Å². The Bertz CT molecular complexity index is 1670. The van der Waals surface area contributed by atoms with Gasteiger partial charge in [-0.25, -0.2) is 13.8 Å². The van der Waals surface area contributed by atoms with Gasteiger partial charge >= 0.3 is 17.9 Å². The number of nitrogens with one attached hydrogen (secondary N) is 2. The fourth-order valence-corrected chi connectivity index (χ4v) is 9.79. The summed E-state index contributed by atoms with van der Waals surface area (Å²) in [4.78, 5) is 30.5. The molecule has 4 saturated heterocycles. The first kappa shape index (κ1) is 37.0. The number of amides is 2. The van der Waals surface area contributed by atoms with Crippen molar-refractivity contribution in [2.45, 2.75) is 77.9 Å². The molecule has 0 bridgehead atoms. The van der Waals surface area contributed by atoms with Crippen LogP contribution in [0.4, 0.5) is 15.1 Å². The summed E-state index contributed by atoms with van der Waals surface area (Å²) in [6, 6.07) is 3.29. The van der Waals surface area contributed by atoms with Crippen LogP contribution < -0.4 is 15.0 Å². The van der Waals surface area contributed by atoms with Crippen LogP contribution in [0.25, 0.3) is 0 Å². The maximum atomic E-state index is 14.4. The first-order valence-corrected chi connectivity index (χ1v) is 19.2. The molecule has 1 aromatic heterocycles. The van der Waals surface area contributed by atoms with Crippen LogP contribution in [0.5, 0.6) is 11.7 Å². The SMILES string of the molecule is CC(C)N(C(=O)c1cc(F)ccc1Oc1oo[nH]oc1N1CC[C@@H](CN2CC3(CCN(S(=O)(=O)N4CCC(NC(=O)O)CC4)CC3)C2)C1)C(C)C. The molecule has 5 heterocycles. The van der Waals surface area contributed by atoms with Gasteiger partial charge in [0.25, 0.3) is 16.1 Å². The summed E-state index contributed by atoms with van der Waals surface area (Å²) >= 11 is 0. The van der Waals surface area contributed by atoms with E-state index in [9.17, 15) is 22.4 Å². The average molecular weight is 740 g/mol. The van der Waals surface area contributed by atoms with Crippen LogP contribution in [0.3, 0.4) is 0 Å². The maximum absolute atomic E-state index is 14.4. The third kappa shape index (κ3) is 8.18. The van der Waals surface area contributed by atoms with E-state index in [0.29, 0.717) is 58.0 Å². The number of carboxylic acid groups (broad SMARTS) is 1. The molecule has 0 aliphatic carbocycles. The molecule has 18 heteroatoms. The third-order valence-electron chi connectivity index (χ3n) is 10.6. The fourth-order valence-electron chi connectivity index (χ4n) is 8.14. The maximum Gasteiger partial charge on any atom is 0.404 e. The lowest BCUT2D eigenvalue weighted by Gasteiger charge is -2.54. The monoisotopic (exact) mass is 739 g/mol. The Morgan fingerprint density at radius 1 is 1.06 bits per heavy atom. The van der Waals surface area contributed by atoms with Gasteiger partial charge in [0.2, 0.25) is 0 Å². The van der Waals surface area contributed by atoms with Crippen LogP contribution >= 0.6 is 0 Å². The summed E-state index contributed by atoms with van der Waals surface area (Å²) in [5, 5.41) is 13.7. The molecule has 2 aromatic rings. The molecule has 4 aliphatic heterocycles. The van der Waals surface area contributed by atoms with Gasteiger partial charge < -0.3 is 34.4 Å². The summed E-state index contributed by atoms with van der Waals surface area (Å²) in [6.45, 7) is 13.2. The van der Waals surface area contributed by atoms with Gasteiger partial charge in [-0.3, -0.25) is 4.79 Å². The van der Waals surface area contributed by atoms with Gasteiger partial charge in [-0.05, 0) is 94.7 Å². The first-order chi connectivity index (χ1) is 24.2. The summed E-state index contributed by atoms with van der Waals surface area (Å²) in [7, 11) is -3.58. The molecule has 0 saturated carbocycles. The van der Waals surface area contributed by atoms with Crippen LogP contribution in [0.15, 0.2) is 32.0 Å². The fraction of sp³-hybridized carbons (Fsp3) is 0.697. The Morgan fingerprint density at radius 2 is 1.73 bits per heavy atom. The van der Waals surface area contributed by atoms with Crippen molar-refractivity contribution in [2.75, 3.05) is 63.8 Å². The number of anilines is 1. The van der Waals surface area contributed by atoms with Crippen molar-refractivity contribution in [3.05, 3.63) is 29.6 Å². The molecular formula is C33H50FN7O9S. The zero-order valence-electron chi connectivity index (χ0n) is 29.7. The molecular weight excluding hydrogens is 689 g/mol. The number of ether oxygens (including phenoxy) is 1. The number of rotatable bonds is 11. The summed E-state index contributed by atoms with van der Waals surface area (Å²) in [5.41, 5.74) is 0.162. The van der Waals surface area contributed by atoms with Crippen molar-refractivity contribution in [1.82, 2.24) is 29.1 Å². The summed E-state index contributed by atoms with van der Waals surface area (Å²) in [6.07, 6.45) is 2.37. The first-order valence-electron chi connectivity index (χ1n) is 17.8. The molecule has 1 atom stereocenters. The van der Waals surface area contributed by atoms with Crippen molar-refractivity contribution in [3.63, 3.8) is 0 Å². The number of hydrogen-bond donors (Lipinski definition) is 3. The highest BCUT2D eigenvalue weighted by molar-refractivity contribution is 7.86. The molecule has 0 radical (unpaired) electrons. The van der Waals surface area contributed by atoms with Gasteiger partial charge in [-0.15, -0.1) is 0 Å². The Labute approximate surface area is 297 Å². The Balaban J connectivity index is 1.01. The Hall–Kier alpha value is -3.74. The molecule has 2 amide bonds. The van der Waals surface area contributed by atoms with E-state index in [4.69, 9.17) is 23.6 Å². The van der Waals surface area contributed by atoms with Gasteiger partial charge in [0, 0.05) is 77.0 Å². The number of likely N-dealkylation sites (tertiary alicyclic amines) is 1. The van der Waals surface area contributed by atoms with E-state index in [1.807, 2.05) is 32.6 Å². The second-order valence-corrected chi connectivity index (χ2v) is 16.8. The quantitative estimate of drug-likeness (QED) is 0.280. The number of piperidine rings is 2. The second-order valence-electron chi connectivity index (χ2n) is 14.9. The number of nitrogens with zero attached hydrogens (tertiary/aromatic N) is 5. The van der Waals surface area contributed by atoms with E-state index in [2.05, 4.69) is 15.5 Å². The van der Waals surface area contributed by atoms with E-state index in [1.54, 1.807) is 9.21 Å². The number of carbonyl (C=O) groups is 2. The molecule has 16 nitrogen and oxygen atoms in total. The molecule has 284 valence electrons. The minimum absolute atomic E-state index is 0.0518. The largest absolute Gasteiger partial charge is 0.465 e. The van der Waals surface area contributed by atoms with E-state index >= 15 is 0 Å². The van der Waals surface area contributed by atoms with Crippen molar-refractivity contribution in [2.24, 2.45) is 11.3 Å². The van der Waals surface area contributed by atoms with Crippen molar-refractivity contribution >= 4 is 28.1 Å². The minimum atomic E-state index is -3.58. The topological polar surface area (TPSA) is 181 Å². The number of halogens is 1. The zero-order valence-corrected chi connectivity index (χ0v) is 30.5. The number of H-pyrrole nitrogens is 1. The summed E-state index contributed by atoms with van der Waals surface area (Å²) < 4.78 is 65.9. The number of aromatic nitrogens is 1. The van der Waals surface area contributed by atoms with E-state index in [-0.39, 0.29) is 52.6 Å². The lowest BCUT2D eigenvalue weighted by atomic mass is 9.72. The second kappa shape index (κ2) is 15.1. The lowest BCUT2D eigenvalue weighted by Crippen LogP contribution is -2.62. The molecule has 51 heavy (non-hydrogen) atoms. The van der Waals surface area contributed by atoms with Gasteiger partial charge in [-0.2, -0.15) is 21.7 Å². The number of carbonyl (C=O) groups excluding carboxylic acids is 1. The average Bonchev–Trinajstić information content (AvgIpc) is 3.53. The predicted octanol–water partition coefficient (Wildman–Crippen LogP) is 4.31. The summed E-state index contributed by atoms with van der Waals surface area (Å²) in [5.74, 6) is -0.363. The highest BCUT2D eigenvalue weighted by Crippen LogP contribution is 2.43. The van der Waals surface area contributed by atoms with Crippen LogP contribution in [0.1, 0.15) is 70.2 Å².